The lowest BCUT2D eigenvalue weighted by atomic mass is 9.90. The molecule has 1 saturated carbocycles. The highest BCUT2D eigenvalue weighted by atomic mass is 32.1. The number of carbonyl (C=O) groups excluding carboxylic acids is 3. The summed E-state index contributed by atoms with van der Waals surface area (Å²) in [4.78, 5) is 64.1. The van der Waals surface area contributed by atoms with Crippen LogP contribution in [0.1, 0.15) is 77.6 Å². The lowest BCUT2D eigenvalue weighted by Crippen LogP contribution is -2.49. The molecule has 2 fully saturated rings. The van der Waals surface area contributed by atoms with Gasteiger partial charge in [-0.05, 0) is 85.5 Å². The number of piperidine rings is 1. The third-order valence-electron chi connectivity index (χ3n) is 13.8. The number of likely N-dealkylation sites (tertiary alicyclic amines) is 1. The maximum Gasteiger partial charge on any atom is 0.586 e. The van der Waals surface area contributed by atoms with E-state index in [1.165, 1.54) is 34.4 Å². The smallest absolute Gasteiger partial charge is 0.395 e. The van der Waals surface area contributed by atoms with Crippen LogP contribution in [0.3, 0.4) is 0 Å². The fraction of sp³-hybridized carbons (Fsp3) is 0.404. The minimum Gasteiger partial charge on any atom is -0.395 e. The SMILES string of the molecule is Cc1ccc(NC(=O)C2(c3ccc4c(c3)OC(F)(F)O4)CC2)nc1-c1cccc(C(=O)NCCOCCOCCOCCOCC#Cc2csc3c(=O)n(CC4(O)CCN(C(=O)C[C@@H](C)c5ccccc5)CC4)cnc23)c1. The van der Waals surface area contributed by atoms with Gasteiger partial charge in [0.15, 0.2) is 11.5 Å². The Hall–Kier alpha value is -7.12. The van der Waals surface area contributed by atoms with E-state index in [1.54, 1.807) is 40.6 Å². The van der Waals surface area contributed by atoms with Crippen molar-refractivity contribution in [3.05, 3.63) is 135 Å². The Morgan fingerprint density at radius 3 is 2.31 bits per heavy atom. The van der Waals surface area contributed by atoms with Crippen LogP contribution < -0.4 is 25.7 Å². The van der Waals surface area contributed by atoms with Crippen LogP contribution in [-0.2, 0) is 40.5 Å². The number of fused-ring (bicyclic) bond motifs is 2. The number of nitrogens with one attached hydrogen (secondary N) is 2. The van der Waals surface area contributed by atoms with Crippen molar-refractivity contribution in [3.8, 4) is 34.6 Å². The van der Waals surface area contributed by atoms with E-state index < -0.39 is 17.3 Å². The number of aryl methyl sites for hydroxylation is 1. The first-order chi connectivity index (χ1) is 37.2. The molecule has 3 aromatic heterocycles. The molecule has 0 radical (unpaired) electrons. The van der Waals surface area contributed by atoms with Gasteiger partial charge in [0.05, 0.1) is 81.4 Å². The lowest BCUT2D eigenvalue weighted by molar-refractivity contribution is -0.286. The van der Waals surface area contributed by atoms with E-state index in [2.05, 4.69) is 36.9 Å². The molecule has 1 atom stereocenters. The monoisotopic (exact) mass is 1070 g/mol. The van der Waals surface area contributed by atoms with Crippen molar-refractivity contribution < 1.29 is 56.7 Å². The van der Waals surface area contributed by atoms with Gasteiger partial charge in [0.1, 0.15) is 22.6 Å². The Morgan fingerprint density at radius 2 is 1.57 bits per heavy atom. The van der Waals surface area contributed by atoms with Gasteiger partial charge in [0.2, 0.25) is 11.8 Å². The summed E-state index contributed by atoms with van der Waals surface area (Å²) in [5.41, 5.74) is 3.04. The van der Waals surface area contributed by atoms with Crippen molar-refractivity contribution in [3.63, 3.8) is 0 Å². The van der Waals surface area contributed by atoms with Gasteiger partial charge in [-0.1, -0.05) is 73.4 Å². The highest BCUT2D eigenvalue weighted by Crippen LogP contribution is 2.52. The molecule has 3 N–H and O–H groups in total. The van der Waals surface area contributed by atoms with E-state index in [0.717, 1.165) is 11.1 Å². The molecule has 5 heterocycles. The molecule has 6 aromatic rings. The highest BCUT2D eigenvalue weighted by molar-refractivity contribution is 7.17. The zero-order chi connectivity index (χ0) is 54.0. The molecule has 1 aliphatic carbocycles. The average Bonchev–Trinajstić information content (AvgIpc) is 4.07. The standard InChI is InChI=1S/C57H60F2N6O11S/c1-38-13-16-47(63-54(69)56(17-18-56)44-14-15-45-46(34-44)76-57(58,59)75-45)62-49(38)41-10-6-11-42(33-41)52(67)60-21-25-72-27-29-74-31-30-73-28-26-71-24-7-12-43-35-77-51-50(43)61-37-65(53(51)68)36-55(70)19-22-64(23-20-55)48(66)32-39(2)40-8-4-3-5-9-40/h3-6,8-11,13-16,33-35,37,39,70H,17-32,36H2,1-2H3,(H,60,67)(H,62,63,69)/t39-/m1/s1. The van der Waals surface area contributed by atoms with Crippen molar-refractivity contribution in [2.45, 2.75) is 75.7 Å². The average molecular weight is 1080 g/mol. The number of aromatic nitrogens is 3. The van der Waals surface area contributed by atoms with Crippen LogP contribution in [0, 0.1) is 18.8 Å². The second-order valence-electron chi connectivity index (χ2n) is 19.4. The van der Waals surface area contributed by atoms with Gasteiger partial charge in [0.25, 0.3) is 11.5 Å². The first-order valence-electron chi connectivity index (χ1n) is 25.6. The second kappa shape index (κ2) is 24.5. The van der Waals surface area contributed by atoms with Gasteiger partial charge in [-0.15, -0.1) is 20.1 Å². The predicted molar refractivity (Wildman–Crippen MR) is 283 cm³/mol. The van der Waals surface area contributed by atoms with E-state index in [1.807, 2.05) is 56.3 Å². The number of carbonyl (C=O) groups is 3. The summed E-state index contributed by atoms with van der Waals surface area (Å²) in [6.07, 6.45) is -0.102. The molecule has 0 bridgehead atoms. The number of anilines is 1. The van der Waals surface area contributed by atoms with E-state index in [0.29, 0.717) is 129 Å². The molecule has 2 aliphatic heterocycles. The van der Waals surface area contributed by atoms with E-state index >= 15 is 0 Å². The van der Waals surface area contributed by atoms with Crippen molar-refractivity contribution in [1.82, 2.24) is 24.8 Å². The van der Waals surface area contributed by atoms with Crippen LogP contribution in [0.5, 0.6) is 11.5 Å². The molecule has 3 aliphatic rings. The molecule has 17 nitrogen and oxygen atoms in total. The second-order valence-corrected chi connectivity index (χ2v) is 20.3. The molecule has 404 valence electrons. The lowest BCUT2D eigenvalue weighted by Gasteiger charge is -2.38. The third-order valence-corrected chi connectivity index (χ3v) is 14.8. The molecule has 0 spiro atoms. The molecule has 77 heavy (non-hydrogen) atoms. The van der Waals surface area contributed by atoms with E-state index in [9.17, 15) is 33.1 Å². The van der Waals surface area contributed by atoms with Crippen LogP contribution in [0.15, 0.2) is 101 Å². The number of pyridine rings is 1. The summed E-state index contributed by atoms with van der Waals surface area (Å²) in [6, 6.07) is 24.9. The number of halogens is 2. The minimum atomic E-state index is -3.75. The van der Waals surface area contributed by atoms with Crippen molar-refractivity contribution in [2.75, 3.05) is 77.8 Å². The number of aliphatic hydroxyl groups is 1. The topological polar surface area (TPSA) is 202 Å². The largest absolute Gasteiger partial charge is 0.586 e. The van der Waals surface area contributed by atoms with Crippen LogP contribution >= 0.6 is 11.3 Å². The van der Waals surface area contributed by atoms with Crippen molar-refractivity contribution >= 4 is 45.1 Å². The third kappa shape index (κ3) is 13.7. The number of benzene rings is 3. The molecule has 1 saturated heterocycles. The number of amides is 3. The number of alkyl halides is 2. The quantitative estimate of drug-likeness (QED) is 0.0430. The first kappa shape index (κ1) is 54.7. The van der Waals surface area contributed by atoms with Crippen LogP contribution in [-0.4, -0.2) is 127 Å². The normalized spacial score (nSPS) is 16.1. The molecular weight excluding hydrogens is 1010 g/mol. The number of hydrogen-bond acceptors (Lipinski definition) is 14. The van der Waals surface area contributed by atoms with Crippen LogP contribution in [0.25, 0.3) is 21.5 Å². The predicted octanol–water partition coefficient (Wildman–Crippen LogP) is 7.22. The molecular formula is C57H60F2N6O11S. The van der Waals surface area contributed by atoms with Crippen LogP contribution in [0.2, 0.25) is 0 Å². The summed E-state index contributed by atoms with van der Waals surface area (Å²) >= 11 is 1.26. The Bertz CT molecular complexity index is 3200. The minimum absolute atomic E-state index is 0.0638. The van der Waals surface area contributed by atoms with Crippen molar-refractivity contribution in [2.24, 2.45) is 0 Å². The van der Waals surface area contributed by atoms with Gasteiger partial charge >= 0.3 is 6.29 Å². The van der Waals surface area contributed by atoms with E-state index in [-0.39, 0.29) is 67.0 Å². The number of ether oxygens (including phenoxy) is 6. The highest BCUT2D eigenvalue weighted by Gasteiger charge is 2.53. The zero-order valence-corrected chi connectivity index (χ0v) is 43.6. The summed E-state index contributed by atoms with van der Waals surface area (Å²) < 4.78 is 60.6. The Labute approximate surface area is 447 Å². The maximum absolute atomic E-state index is 13.6. The number of thiophene rings is 1. The summed E-state index contributed by atoms with van der Waals surface area (Å²) in [5, 5.41) is 19.0. The van der Waals surface area contributed by atoms with Gasteiger partial charge in [-0.25, -0.2) is 9.97 Å². The number of hydrogen-bond donors (Lipinski definition) is 3. The molecule has 3 aromatic carbocycles. The Balaban J connectivity index is 0.612. The molecule has 9 rings (SSSR count). The number of nitrogens with zero attached hydrogens (tertiary/aromatic N) is 4. The summed E-state index contributed by atoms with van der Waals surface area (Å²) in [5.74, 6) is 5.68. The zero-order valence-electron chi connectivity index (χ0n) is 42.8. The number of rotatable bonds is 23. The fourth-order valence-electron chi connectivity index (χ4n) is 9.29. The van der Waals surface area contributed by atoms with Gasteiger partial charge in [0, 0.05) is 42.6 Å². The molecule has 0 unspecified atom stereocenters. The molecule has 20 heteroatoms. The maximum atomic E-state index is 13.6. The Morgan fingerprint density at radius 1 is 0.857 bits per heavy atom. The first-order valence-corrected chi connectivity index (χ1v) is 26.5. The van der Waals surface area contributed by atoms with Crippen molar-refractivity contribution in [1.29, 1.82) is 0 Å². The summed E-state index contributed by atoms with van der Waals surface area (Å²) in [7, 11) is 0. The van der Waals surface area contributed by atoms with Gasteiger partial charge in [-0.2, -0.15) is 0 Å². The Kier molecular flexibility index (Phi) is 17.4. The van der Waals surface area contributed by atoms with Crippen LogP contribution in [0.4, 0.5) is 14.6 Å². The van der Waals surface area contributed by atoms with E-state index in [4.69, 9.17) is 23.9 Å². The molecule has 3 amide bonds. The van der Waals surface area contributed by atoms with Gasteiger partial charge < -0.3 is 49.1 Å². The van der Waals surface area contributed by atoms with Gasteiger partial charge in [-0.3, -0.25) is 23.7 Å². The summed E-state index contributed by atoms with van der Waals surface area (Å²) in [6.45, 7) is 7.66. The fourth-order valence-corrected chi connectivity index (χ4v) is 10.2.